The molecule has 3 saturated carbocycles. The van der Waals surface area contributed by atoms with Gasteiger partial charge in [0.1, 0.15) is 0 Å². The van der Waals surface area contributed by atoms with Gasteiger partial charge in [-0.1, -0.05) is 20.3 Å². The fourth-order valence-corrected chi connectivity index (χ4v) is 6.03. The summed E-state index contributed by atoms with van der Waals surface area (Å²) in [5.41, 5.74) is 0.423. The smallest absolute Gasteiger partial charge is 0.191 e. The minimum Gasteiger partial charge on any atom is -0.377 e. The van der Waals surface area contributed by atoms with Crippen LogP contribution in [-0.4, -0.2) is 37.8 Å². The molecule has 1 heterocycles. The minimum atomic E-state index is 0.423. The van der Waals surface area contributed by atoms with Crippen molar-refractivity contribution in [2.75, 3.05) is 13.7 Å². The summed E-state index contributed by atoms with van der Waals surface area (Å²) in [5, 5.41) is 7.53. The molecule has 4 fully saturated rings. The Balaban J connectivity index is 1.39. The van der Waals surface area contributed by atoms with Gasteiger partial charge in [0.15, 0.2) is 5.96 Å². The minimum absolute atomic E-state index is 0.423. The van der Waals surface area contributed by atoms with Gasteiger partial charge in [-0.3, -0.25) is 4.99 Å². The van der Waals surface area contributed by atoms with Crippen molar-refractivity contribution >= 4 is 5.96 Å². The molecule has 1 spiro atoms. The van der Waals surface area contributed by atoms with E-state index in [0.717, 1.165) is 24.4 Å². The number of fused-ring (bicyclic) bond motifs is 2. The first-order chi connectivity index (χ1) is 11.1. The standard InChI is InChI=1S/C19H33N3O/c1-12-9-13(2)11-14(10-12)21-18(20-3)22-16-15-5-8-23-17(15)19(16)6-4-7-19/h12-17H,4-11H2,1-3H3,(H2,20,21,22). The molecule has 4 rings (SSSR count). The van der Waals surface area contributed by atoms with Crippen LogP contribution in [0.4, 0.5) is 0 Å². The second kappa shape index (κ2) is 5.94. The molecule has 3 aliphatic carbocycles. The van der Waals surface area contributed by atoms with E-state index < -0.39 is 0 Å². The fraction of sp³-hybridized carbons (Fsp3) is 0.947. The monoisotopic (exact) mass is 319 g/mol. The van der Waals surface area contributed by atoms with Crippen LogP contribution in [0.5, 0.6) is 0 Å². The number of hydrogen-bond acceptors (Lipinski definition) is 2. The Hall–Kier alpha value is -0.770. The van der Waals surface area contributed by atoms with E-state index in [0.29, 0.717) is 29.5 Å². The Bertz CT molecular complexity index is 463. The number of ether oxygens (including phenoxy) is 1. The van der Waals surface area contributed by atoms with Gasteiger partial charge in [-0.2, -0.15) is 0 Å². The zero-order chi connectivity index (χ0) is 16.0. The van der Waals surface area contributed by atoms with Gasteiger partial charge in [-0.15, -0.1) is 0 Å². The van der Waals surface area contributed by atoms with Crippen LogP contribution in [-0.2, 0) is 4.74 Å². The average Bonchev–Trinajstić information content (AvgIpc) is 2.85. The lowest BCUT2D eigenvalue weighted by atomic mass is 9.46. The number of rotatable bonds is 2. The lowest BCUT2D eigenvalue weighted by Crippen LogP contribution is -2.72. The molecule has 4 aliphatic rings. The van der Waals surface area contributed by atoms with Crippen LogP contribution in [0.2, 0.25) is 0 Å². The normalized spacial score (nSPS) is 45.1. The van der Waals surface area contributed by atoms with Crippen LogP contribution in [0.3, 0.4) is 0 Å². The molecule has 0 aromatic rings. The van der Waals surface area contributed by atoms with Gasteiger partial charge < -0.3 is 15.4 Å². The van der Waals surface area contributed by atoms with E-state index in [1.165, 1.54) is 44.9 Å². The second-order valence-electron chi connectivity index (χ2n) is 8.78. The first-order valence-electron chi connectivity index (χ1n) is 9.74. The van der Waals surface area contributed by atoms with Gasteiger partial charge in [0, 0.05) is 37.1 Å². The summed E-state index contributed by atoms with van der Waals surface area (Å²) in [5.74, 6) is 3.38. The molecule has 23 heavy (non-hydrogen) atoms. The molecule has 1 saturated heterocycles. The maximum absolute atomic E-state index is 6.03. The van der Waals surface area contributed by atoms with Gasteiger partial charge in [-0.05, 0) is 50.4 Å². The topological polar surface area (TPSA) is 45.7 Å². The number of nitrogens with zero attached hydrogens (tertiary/aromatic N) is 1. The number of guanidine groups is 1. The molecule has 2 N–H and O–H groups in total. The van der Waals surface area contributed by atoms with Gasteiger partial charge in [0.2, 0.25) is 0 Å². The Morgan fingerprint density at radius 1 is 1.09 bits per heavy atom. The van der Waals surface area contributed by atoms with Crippen LogP contribution in [0.25, 0.3) is 0 Å². The SMILES string of the molecule is CN=C(NC1CC(C)CC(C)C1)NC1C2CCOC2C12CCC2. The highest BCUT2D eigenvalue weighted by molar-refractivity contribution is 5.80. The van der Waals surface area contributed by atoms with Crippen molar-refractivity contribution in [2.45, 2.75) is 77.0 Å². The summed E-state index contributed by atoms with van der Waals surface area (Å²) in [6.07, 6.45) is 9.71. The predicted molar refractivity (Wildman–Crippen MR) is 93.5 cm³/mol. The highest BCUT2D eigenvalue weighted by Gasteiger charge is 2.66. The number of nitrogens with one attached hydrogen (secondary N) is 2. The first-order valence-corrected chi connectivity index (χ1v) is 9.74. The van der Waals surface area contributed by atoms with E-state index in [2.05, 4.69) is 29.5 Å². The van der Waals surface area contributed by atoms with E-state index in [9.17, 15) is 0 Å². The molecule has 4 nitrogen and oxygen atoms in total. The molecule has 130 valence electrons. The number of hydrogen-bond donors (Lipinski definition) is 2. The van der Waals surface area contributed by atoms with Crippen LogP contribution in [0, 0.1) is 23.2 Å². The summed E-state index contributed by atoms with van der Waals surface area (Å²) in [4.78, 5) is 4.55. The van der Waals surface area contributed by atoms with Crippen molar-refractivity contribution in [3.05, 3.63) is 0 Å². The molecule has 0 aromatic carbocycles. The highest BCUT2D eigenvalue weighted by Crippen LogP contribution is 2.62. The lowest BCUT2D eigenvalue weighted by Gasteiger charge is -2.63. The van der Waals surface area contributed by atoms with Crippen molar-refractivity contribution < 1.29 is 4.74 Å². The number of aliphatic imine (C=N–C) groups is 1. The zero-order valence-electron chi connectivity index (χ0n) is 15.0. The Morgan fingerprint density at radius 3 is 2.43 bits per heavy atom. The third-order valence-electron chi connectivity index (χ3n) is 7.07. The maximum atomic E-state index is 6.03. The molecule has 0 radical (unpaired) electrons. The summed E-state index contributed by atoms with van der Waals surface area (Å²) < 4.78 is 6.03. The van der Waals surface area contributed by atoms with Gasteiger partial charge in [-0.25, -0.2) is 0 Å². The van der Waals surface area contributed by atoms with Crippen LogP contribution in [0.1, 0.15) is 58.8 Å². The van der Waals surface area contributed by atoms with Gasteiger partial charge in [0.05, 0.1) is 6.10 Å². The summed E-state index contributed by atoms with van der Waals surface area (Å²) in [7, 11) is 1.92. The van der Waals surface area contributed by atoms with E-state index in [-0.39, 0.29) is 0 Å². The highest BCUT2D eigenvalue weighted by atomic mass is 16.5. The molecule has 1 aliphatic heterocycles. The fourth-order valence-electron chi connectivity index (χ4n) is 6.03. The van der Waals surface area contributed by atoms with Crippen molar-refractivity contribution in [3.63, 3.8) is 0 Å². The summed E-state index contributed by atoms with van der Waals surface area (Å²) >= 11 is 0. The van der Waals surface area contributed by atoms with Crippen molar-refractivity contribution in [2.24, 2.45) is 28.2 Å². The Labute approximate surface area is 140 Å². The second-order valence-corrected chi connectivity index (χ2v) is 8.78. The van der Waals surface area contributed by atoms with Crippen LogP contribution >= 0.6 is 0 Å². The van der Waals surface area contributed by atoms with E-state index >= 15 is 0 Å². The van der Waals surface area contributed by atoms with Crippen molar-refractivity contribution in [3.8, 4) is 0 Å². The maximum Gasteiger partial charge on any atom is 0.191 e. The van der Waals surface area contributed by atoms with Gasteiger partial charge in [0.25, 0.3) is 0 Å². The first kappa shape index (κ1) is 15.7. The van der Waals surface area contributed by atoms with Crippen molar-refractivity contribution in [1.29, 1.82) is 0 Å². The van der Waals surface area contributed by atoms with Crippen molar-refractivity contribution in [1.82, 2.24) is 10.6 Å². The third-order valence-corrected chi connectivity index (χ3v) is 7.07. The lowest BCUT2D eigenvalue weighted by molar-refractivity contribution is -0.171. The third kappa shape index (κ3) is 2.57. The van der Waals surface area contributed by atoms with Crippen LogP contribution in [0.15, 0.2) is 4.99 Å². The molecule has 5 unspecified atom stereocenters. The Kier molecular flexibility index (Phi) is 4.07. The molecule has 0 amide bonds. The molecule has 0 bridgehead atoms. The quantitative estimate of drug-likeness (QED) is 0.608. The van der Waals surface area contributed by atoms with Gasteiger partial charge >= 0.3 is 0 Å². The van der Waals surface area contributed by atoms with E-state index in [4.69, 9.17) is 4.74 Å². The van der Waals surface area contributed by atoms with Crippen LogP contribution < -0.4 is 10.6 Å². The molecular weight excluding hydrogens is 286 g/mol. The zero-order valence-corrected chi connectivity index (χ0v) is 15.0. The molecule has 4 heteroatoms. The molecular formula is C19H33N3O. The van der Waals surface area contributed by atoms with E-state index in [1.54, 1.807) is 0 Å². The molecule has 5 atom stereocenters. The Morgan fingerprint density at radius 2 is 1.83 bits per heavy atom. The summed E-state index contributed by atoms with van der Waals surface area (Å²) in [6, 6.07) is 1.15. The average molecular weight is 319 g/mol. The largest absolute Gasteiger partial charge is 0.377 e. The van der Waals surface area contributed by atoms with E-state index in [1.807, 2.05) is 7.05 Å². The summed E-state index contributed by atoms with van der Waals surface area (Å²) in [6.45, 7) is 5.73. The molecule has 0 aromatic heterocycles. The predicted octanol–water partition coefficient (Wildman–Crippen LogP) is 2.93.